The minimum atomic E-state index is -4.40. The van der Waals surface area contributed by atoms with Crippen molar-refractivity contribution in [3.63, 3.8) is 0 Å². The van der Waals surface area contributed by atoms with E-state index in [0.717, 1.165) is 31.9 Å². The summed E-state index contributed by atoms with van der Waals surface area (Å²) in [5.74, 6) is 0. The zero-order valence-corrected chi connectivity index (χ0v) is 12.6. The molecule has 23 heavy (non-hydrogen) atoms. The van der Waals surface area contributed by atoms with Crippen LogP contribution in [-0.4, -0.2) is 36.1 Å². The summed E-state index contributed by atoms with van der Waals surface area (Å²) in [5, 5.41) is 0. The number of halogens is 3. The Kier molecular flexibility index (Phi) is 4.52. The molecule has 6 heteroatoms. The van der Waals surface area contributed by atoms with E-state index in [0.29, 0.717) is 0 Å². The SMILES string of the molecule is FC(F)(F)c1ncccc1CN1CCN(c2ccccc2)CC1. The highest BCUT2D eigenvalue weighted by molar-refractivity contribution is 5.46. The van der Waals surface area contributed by atoms with Crippen molar-refractivity contribution < 1.29 is 13.2 Å². The number of pyridine rings is 1. The van der Waals surface area contributed by atoms with E-state index in [-0.39, 0.29) is 12.1 Å². The number of piperazine rings is 1. The Morgan fingerprint density at radius 1 is 0.913 bits per heavy atom. The zero-order valence-electron chi connectivity index (χ0n) is 12.6. The van der Waals surface area contributed by atoms with Crippen molar-refractivity contribution in [2.75, 3.05) is 31.1 Å². The third kappa shape index (κ3) is 3.82. The van der Waals surface area contributed by atoms with Gasteiger partial charge in [-0.05, 0) is 23.8 Å². The van der Waals surface area contributed by atoms with Crippen LogP contribution < -0.4 is 4.90 Å². The number of aromatic nitrogens is 1. The largest absolute Gasteiger partial charge is 0.433 e. The van der Waals surface area contributed by atoms with Crippen LogP contribution in [0.2, 0.25) is 0 Å². The van der Waals surface area contributed by atoms with Crippen molar-refractivity contribution in [3.05, 3.63) is 59.9 Å². The van der Waals surface area contributed by atoms with E-state index in [2.05, 4.69) is 22.0 Å². The molecule has 122 valence electrons. The monoisotopic (exact) mass is 321 g/mol. The fourth-order valence-electron chi connectivity index (χ4n) is 2.87. The van der Waals surface area contributed by atoms with Crippen LogP contribution in [0.25, 0.3) is 0 Å². The molecule has 0 saturated carbocycles. The first-order chi connectivity index (χ1) is 11.0. The third-order valence-corrected chi connectivity index (χ3v) is 4.05. The minimum Gasteiger partial charge on any atom is -0.369 e. The standard InChI is InChI=1S/C17H18F3N3/c18-17(19,20)16-14(5-4-8-21-16)13-22-9-11-23(12-10-22)15-6-2-1-3-7-15/h1-8H,9-13H2. The van der Waals surface area contributed by atoms with E-state index in [1.165, 1.54) is 12.3 Å². The van der Waals surface area contributed by atoms with E-state index in [4.69, 9.17) is 0 Å². The lowest BCUT2D eigenvalue weighted by atomic mass is 10.1. The molecule has 0 spiro atoms. The first-order valence-electron chi connectivity index (χ1n) is 7.57. The van der Waals surface area contributed by atoms with Gasteiger partial charge in [0.15, 0.2) is 0 Å². The molecule has 0 unspecified atom stereocenters. The molecule has 2 heterocycles. The van der Waals surface area contributed by atoms with Crippen molar-refractivity contribution in [2.24, 2.45) is 0 Å². The van der Waals surface area contributed by atoms with E-state index >= 15 is 0 Å². The summed E-state index contributed by atoms with van der Waals surface area (Å²) in [6.07, 6.45) is -3.21. The Bertz CT molecular complexity index is 635. The molecule has 0 N–H and O–H groups in total. The predicted molar refractivity (Wildman–Crippen MR) is 83.2 cm³/mol. The maximum absolute atomic E-state index is 13.0. The third-order valence-electron chi connectivity index (χ3n) is 4.05. The topological polar surface area (TPSA) is 19.4 Å². The number of para-hydroxylation sites is 1. The van der Waals surface area contributed by atoms with Gasteiger partial charge in [0.2, 0.25) is 0 Å². The number of benzene rings is 1. The molecular formula is C17H18F3N3. The van der Waals surface area contributed by atoms with Crippen LogP contribution in [-0.2, 0) is 12.7 Å². The minimum absolute atomic E-state index is 0.244. The van der Waals surface area contributed by atoms with Crippen molar-refractivity contribution >= 4 is 5.69 Å². The lowest BCUT2D eigenvalue weighted by Gasteiger charge is -2.36. The van der Waals surface area contributed by atoms with Crippen LogP contribution in [0.15, 0.2) is 48.7 Å². The number of rotatable bonds is 3. The Morgan fingerprint density at radius 2 is 1.61 bits per heavy atom. The highest BCUT2D eigenvalue weighted by atomic mass is 19.4. The van der Waals surface area contributed by atoms with Crippen LogP contribution in [0.1, 0.15) is 11.3 Å². The predicted octanol–water partition coefficient (Wildman–Crippen LogP) is 3.42. The second-order valence-electron chi connectivity index (χ2n) is 5.61. The zero-order chi connectivity index (χ0) is 16.3. The van der Waals surface area contributed by atoms with E-state index in [9.17, 15) is 13.2 Å². The highest BCUT2D eigenvalue weighted by Gasteiger charge is 2.35. The molecule has 1 aliphatic heterocycles. The maximum Gasteiger partial charge on any atom is 0.433 e. The van der Waals surface area contributed by atoms with Gasteiger partial charge >= 0.3 is 6.18 Å². The van der Waals surface area contributed by atoms with Crippen molar-refractivity contribution in [1.82, 2.24) is 9.88 Å². The lowest BCUT2D eigenvalue weighted by Crippen LogP contribution is -2.46. The Labute approximate surface area is 133 Å². The van der Waals surface area contributed by atoms with Crippen LogP contribution >= 0.6 is 0 Å². The first-order valence-corrected chi connectivity index (χ1v) is 7.57. The van der Waals surface area contributed by atoms with Crippen LogP contribution in [0, 0.1) is 0 Å². The summed E-state index contributed by atoms with van der Waals surface area (Å²) < 4.78 is 39.0. The van der Waals surface area contributed by atoms with Crippen molar-refractivity contribution in [3.8, 4) is 0 Å². The molecule has 1 aliphatic rings. The molecule has 1 aromatic heterocycles. The van der Waals surface area contributed by atoms with E-state index in [1.807, 2.05) is 23.1 Å². The number of anilines is 1. The van der Waals surface area contributed by atoms with Gasteiger partial charge in [-0.3, -0.25) is 9.88 Å². The smallest absolute Gasteiger partial charge is 0.369 e. The van der Waals surface area contributed by atoms with Crippen LogP contribution in [0.3, 0.4) is 0 Å². The average molecular weight is 321 g/mol. The Hall–Kier alpha value is -2.08. The Morgan fingerprint density at radius 3 is 2.26 bits per heavy atom. The quantitative estimate of drug-likeness (QED) is 0.863. The molecule has 0 radical (unpaired) electrons. The maximum atomic E-state index is 13.0. The molecule has 1 fully saturated rings. The molecular weight excluding hydrogens is 303 g/mol. The number of hydrogen-bond acceptors (Lipinski definition) is 3. The molecule has 3 rings (SSSR count). The summed E-state index contributed by atoms with van der Waals surface area (Å²) in [4.78, 5) is 7.82. The summed E-state index contributed by atoms with van der Waals surface area (Å²) in [5.41, 5.74) is 0.628. The van der Waals surface area contributed by atoms with Crippen LogP contribution in [0.5, 0.6) is 0 Å². The summed E-state index contributed by atoms with van der Waals surface area (Å²) in [6, 6.07) is 13.1. The fourth-order valence-corrected chi connectivity index (χ4v) is 2.87. The van der Waals surface area contributed by atoms with Gasteiger partial charge in [0, 0.05) is 44.6 Å². The Balaban J connectivity index is 1.64. The van der Waals surface area contributed by atoms with E-state index in [1.54, 1.807) is 6.07 Å². The molecule has 3 nitrogen and oxygen atoms in total. The second-order valence-corrected chi connectivity index (χ2v) is 5.61. The normalized spacial score (nSPS) is 16.6. The number of hydrogen-bond donors (Lipinski definition) is 0. The molecule has 0 amide bonds. The van der Waals surface area contributed by atoms with Gasteiger partial charge in [-0.1, -0.05) is 24.3 Å². The molecule has 0 aliphatic carbocycles. The van der Waals surface area contributed by atoms with E-state index < -0.39 is 11.9 Å². The summed E-state index contributed by atoms with van der Waals surface area (Å²) >= 11 is 0. The van der Waals surface area contributed by atoms with Gasteiger partial charge in [-0.2, -0.15) is 13.2 Å². The van der Waals surface area contributed by atoms with Gasteiger partial charge in [-0.15, -0.1) is 0 Å². The van der Waals surface area contributed by atoms with Gasteiger partial charge in [0.1, 0.15) is 5.69 Å². The van der Waals surface area contributed by atoms with Crippen molar-refractivity contribution in [1.29, 1.82) is 0 Å². The van der Waals surface area contributed by atoms with Crippen LogP contribution in [0.4, 0.5) is 18.9 Å². The summed E-state index contributed by atoms with van der Waals surface area (Å²) in [7, 11) is 0. The molecule has 1 aromatic carbocycles. The average Bonchev–Trinajstić information content (AvgIpc) is 2.56. The molecule has 2 aromatic rings. The molecule has 1 saturated heterocycles. The summed E-state index contributed by atoms with van der Waals surface area (Å²) in [6.45, 7) is 3.38. The fraction of sp³-hybridized carbons (Fsp3) is 0.353. The number of nitrogens with zero attached hydrogens (tertiary/aromatic N) is 3. The van der Waals surface area contributed by atoms with Gasteiger partial charge in [-0.25, -0.2) is 0 Å². The lowest BCUT2D eigenvalue weighted by molar-refractivity contribution is -0.142. The second kappa shape index (κ2) is 6.58. The van der Waals surface area contributed by atoms with Gasteiger partial charge in [0.25, 0.3) is 0 Å². The highest BCUT2D eigenvalue weighted by Crippen LogP contribution is 2.30. The van der Waals surface area contributed by atoms with Crippen molar-refractivity contribution in [2.45, 2.75) is 12.7 Å². The first kappa shape index (κ1) is 15.8. The molecule has 0 atom stereocenters. The molecule has 0 bridgehead atoms. The van der Waals surface area contributed by atoms with Gasteiger partial charge < -0.3 is 4.90 Å². The number of alkyl halides is 3. The van der Waals surface area contributed by atoms with Gasteiger partial charge in [0.05, 0.1) is 0 Å².